The average Bonchev–Trinajstić information content (AvgIpc) is 3.22. The molecule has 0 radical (unpaired) electrons. The predicted octanol–water partition coefficient (Wildman–Crippen LogP) is 3.53. The molecule has 6 nitrogen and oxygen atoms in total. The summed E-state index contributed by atoms with van der Waals surface area (Å²) in [5.74, 6) is 0.780. The number of hydrogen-bond acceptors (Lipinski definition) is 5. The predicted molar refractivity (Wildman–Crippen MR) is 119 cm³/mol. The number of ether oxygens (including phenoxy) is 1. The molecule has 4 heterocycles. The number of anilines is 2. The van der Waals surface area contributed by atoms with Crippen molar-refractivity contribution >= 4 is 28.6 Å². The lowest BCUT2D eigenvalue weighted by atomic mass is 9.92. The van der Waals surface area contributed by atoms with Crippen molar-refractivity contribution in [2.75, 3.05) is 43.4 Å². The maximum Gasteiger partial charge on any atom is 0.260 e. The molecular formula is C24H25FN4O2. The van der Waals surface area contributed by atoms with Gasteiger partial charge in [-0.2, -0.15) is 0 Å². The van der Waals surface area contributed by atoms with Crippen LogP contribution in [0.5, 0.6) is 0 Å². The lowest BCUT2D eigenvalue weighted by Crippen LogP contribution is -2.44. The third-order valence-electron chi connectivity index (χ3n) is 6.15. The van der Waals surface area contributed by atoms with Crippen molar-refractivity contribution in [1.29, 1.82) is 0 Å². The summed E-state index contributed by atoms with van der Waals surface area (Å²) in [5.41, 5.74) is 2.94. The number of rotatable bonds is 2. The SMILES string of the molecule is CN1CCN(c2cc(C3=CC(=C4C(=O)Nc5cc(F)ccc54)OC3(C)C)ccn2)CC1. The Morgan fingerprint density at radius 1 is 1.13 bits per heavy atom. The van der Waals surface area contributed by atoms with Crippen LogP contribution in [0.25, 0.3) is 11.1 Å². The number of pyridine rings is 1. The van der Waals surface area contributed by atoms with E-state index in [2.05, 4.69) is 33.2 Å². The van der Waals surface area contributed by atoms with Crippen molar-refractivity contribution in [2.24, 2.45) is 0 Å². The number of nitrogens with zero attached hydrogens (tertiary/aromatic N) is 3. The quantitative estimate of drug-likeness (QED) is 0.754. The maximum atomic E-state index is 13.6. The summed E-state index contributed by atoms with van der Waals surface area (Å²) in [4.78, 5) is 21.8. The van der Waals surface area contributed by atoms with Gasteiger partial charge in [-0.3, -0.25) is 4.79 Å². The fraction of sp³-hybridized carbons (Fsp3) is 0.333. The Balaban J connectivity index is 1.54. The molecule has 5 rings (SSSR count). The van der Waals surface area contributed by atoms with Crippen LogP contribution in [0.4, 0.5) is 15.9 Å². The molecule has 0 saturated carbocycles. The zero-order valence-corrected chi connectivity index (χ0v) is 17.9. The Morgan fingerprint density at radius 2 is 1.90 bits per heavy atom. The lowest BCUT2D eigenvalue weighted by molar-refractivity contribution is -0.111. The minimum atomic E-state index is -0.619. The Bertz CT molecular complexity index is 1130. The first-order valence-electron chi connectivity index (χ1n) is 10.5. The van der Waals surface area contributed by atoms with Gasteiger partial charge in [0.2, 0.25) is 0 Å². The molecule has 7 heteroatoms. The van der Waals surface area contributed by atoms with E-state index in [4.69, 9.17) is 4.74 Å². The van der Waals surface area contributed by atoms with Gasteiger partial charge in [0.1, 0.15) is 23.0 Å². The molecular weight excluding hydrogens is 395 g/mol. The van der Waals surface area contributed by atoms with Crippen LogP contribution in [0.15, 0.2) is 48.4 Å². The summed E-state index contributed by atoms with van der Waals surface area (Å²) in [7, 11) is 2.13. The Hall–Kier alpha value is -3.19. The van der Waals surface area contributed by atoms with Crippen molar-refractivity contribution in [2.45, 2.75) is 19.4 Å². The number of halogens is 1. The first-order chi connectivity index (χ1) is 14.8. The standard InChI is InChI=1S/C24H25FN4O2/c1-24(2)18(15-6-7-26-21(12-15)29-10-8-28(3)9-11-29)14-20(31-24)22-17-5-4-16(25)13-19(17)27-23(22)30/h4-7,12-14H,8-11H2,1-3H3,(H,27,30). The van der Waals surface area contributed by atoms with Crippen LogP contribution in [0.1, 0.15) is 25.0 Å². The largest absolute Gasteiger partial charge is 0.482 e. The molecule has 0 unspecified atom stereocenters. The summed E-state index contributed by atoms with van der Waals surface area (Å²) >= 11 is 0. The summed E-state index contributed by atoms with van der Waals surface area (Å²) in [6, 6.07) is 8.37. The second-order valence-corrected chi connectivity index (χ2v) is 8.75. The number of benzene rings is 1. The number of likely N-dealkylation sites (N-methyl/N-ethyl adjacent to an activating group) is 1. The van der Waals surface area contributed by atoms with Crippen LogP contribution in [0.2, 0.25) is 0 Å². The lowest BCUT2D eigenvalue weighted by Gasteiger charge is -2.33. The van der Waals surface area contributed by atoms with Crippen LogP contribution < -0.4 is 10.2 Å². The smallest absolute Gasteiger partial charge is 0.260 e. The average molecular weight is 420 g/mol. The highest BCUT2D eigenvalue weighted by molar-refractivity contribution is 6.32. The van der Waals surface area contributed by atoms with E-state index in [0.29, 0.717) is 22.6 Å². The number of amides is 1. The van der Waals surface area contributed by atoms with Gasteiger partial charge < -0.3 is 19.9 Å². The van der Waals surface area contributed by atoms with Gasteiger partial charge >= 0.3 is 0 Å². The van der Waals surface area contributed by atoms with Gasteiger partial charge in [-0.1, -0.05) is 0 Å². The summed E-state index contributed by atoms with van der Waals surface area (Å²) in [6.45, 7) is 7.87. The molecule has 2 aromatic rings. The van der Waals surface area contributed by atoms with Gasteiger partial charge in [-0.05, 0) is 62.9 Å². The van der Waals surface area contributed by atoms with Gasteiger partial charge in [0.15, 0.2) is 0 Å². The molecule has 0 spiro atoms. The van der Waals surface area contributed by atoms with E-state index in [1.807, 2.05) is 32.2 Å². The molecule has 3 aliphatic rings. The van der Waals surface area contributed by atoms with E-state index >= 15 is 0 Å². The number of aromatic nitrogens is 1. The van der Waals surface area contributed by atoms with Crippen LogP contribution >= 0.6 is 0 Å². The fourth-order valence-electron chi connectivity index (χ4n) is 4.40. The Kier molecular flexibility index (Phi) is 4.59. The van der Waals surface area contributed by atoms with E-state index in [1.165, 1.54) is 12.1 Å². The second kappa shape index (κ2) is 7.20. The molecule has 31 heavy (non-hydrogen) atoms. The number of nitrogens with one attached hydrogen (secondary N) is 1. The van der Waals surface area contributed by atoms with Gasteiger partial charge in [0.05, 0.1) is 11.3 Å². The molecule has 1 fully saturated rings. The molecule has 3 aliphatic heterocycles. The Morgan fingerprint density at radius 3 is 2.68 bits per heavy atom. The van der Waals surface area contributed by atoms with Crippen LogP contribution in [0.3, 0.4) is 0 Å². The molecule has 1 aromatic carbocycles. The molecule has 1 aromatic heterocycles. The van der Waals surface area contributed by atoms with Crippen molar-refractivity contribution < 1.29 is 13.9 Å². The number of hydrogen-bond donors (Lipinski definition) is 1. The number of piperazine rings is 1. The minimum Gasteiger partial charge on any atom is -0.482 e. The molecule has 1 amide bonds. The summed E-state index contributed by atoms with van der Waals surface area (Å²) in [5, 5.41) is 2.74. The van der Waals surface area contributed by atoms with Gasteiger partial charge in [-0.15, -0.1) is 0 Å². The van der Waals surface area contributed by atoms with Crippen LogP contribution in [-0.4, -0.2) is 54.6 Å². The van der Waals surface area contributed by atoms with E-state index in [1.54, 1.807) is 6.07 Å². The van der Waals surface area contributed by atoms with E-state index in [0.717, 1.165) is 43.1 Å². The van der Waals surface area contributed by atoms with Crippen LogP contribution in [0, 0.1) is 5.82 Å². The zero-order chi connectivity index (χ0) is 21.8. The third-order valence-corrected chi connectivity index (χ3v) is 6.15. The number of fused-ring (bicyclic) bond motifs is 1. The van der Waals surface area contributed by atoms with Gasteiger partial charge in [0, 0.05) is 43.5 Å². The maximum absolute atomic E-state index is 13.6. The van der Waals surface area contributed by atoms with Crippen molar-refractivity contribution in [3.8, 4) is 0 Å². The Labute approximate surface area is 181 Å². The van der Waals surface area contributed by atoms with E-state index in [9.17, 15) is 9.18 Å². The number of carbonyl (C=O) groups excluding carboxylic acids is 1. The number of carbonyl (C=O) groups is 1. The molecule has 1 N–H and O–H groups in total. The molecule has 0 atom stereocenters. The third kappa shape index (κ3) is 3.49. The molecule has 0 aliphatic carbocycles. The first kappa shape index (κ1) is 19.8. The fourth-order valence-corrected chi connectivity index (χ4v) is 4.40. The topological polar surface area (TPSA) is 57.7 Å². The number of allylic oxidation sites excluding steroid dienone is 1. The second-order valence-electron chi connectivity index (χ2n) is 8.75. The van der Waals surface area contributed by atoms with Gasteiger partial charge in [-0.25, -0.2) is 9.37 Å². The summed E-state index contributed by atoms with van der Waals surface area (Å²) in [6.07, 6.45) is 3.75. The highest BCUT2D eigenvalue weighted by Crippen LogP contribution is 2.44. The highest BCUT2D eigenvalue weighted by Gasteiger charge is 2.38. The normalized spacial score (nSPS) is 22.8. The van der Waals surface area contributed by atoms with Crippen molar-refractivity contribution in [3.63, 3.8) is 0 Å². The zero-order valence-electron chi connectivity index (χ0n) is 17.9. The van der Waals surface area contributed by atoms with Gasteiger partial charge in [0.25, 0.3) is 5.91 Å². The molecule has 0 bridgehead atoms. The monoisotopic (exact) mass is 420 g/mol. The summed E-state index contributed by atoms with van der Waals surface area (Å²) < 4.78 is 19.8. The molecule has 1 saturated heterocycles. The molecule has 160 valence electrons. The van der Waals surface area contributed by atoms with Crippen LogP contribution in [-0.2, 0) is 9.53 Å². The van der Waals surface area contributed by atoms with E-state index in [-0.39, 0.29) is 11.7 Å². The van der Waals surface area contributed by atoms with Crippen molar-refractivity contribution in [1.82, 2.24) is 9.88 Å². The van der Waals surface area contributed by atoms with E-state index < -0.39 is 5.60 Å². The minimum absolute atomic E-state index is 0.281. The highest BCUT2D eigenvalue weighted by atomic mass is 19.1. The first-order valence-corrected chi connectivity index (χ1v) is 10.5. The van der Waals surface area contributed by atoms with Crippen molar-refractivity contribution in [3.05, 3.63) is 65.3 Å².